The minimum Gasteiger partial charge on any atom is -0.477 e. The van der Waals surface area contributed by atoms with E-state index in [9.17, 15) is 55.7 Å². The highest BCUT2D eigenvalue weighted by molar-refractivity contribution is 5.93. The highest BCUT2D eigenvalue weighted by Gasteiger charge is 2.55. The number of pyridine rings is 4. The molecule has 14 nitrogen and oxygen atoms in total. The van der Waals surface area contributed by atoms with Crippen LogP contribution in [0.1, 0.15) is 20.7 Å². The van der Waals surface area contributed by atoms with E-state index >= 15 is 0 Å². The second kappa shape index (κ2) is 13.9. The van der Waals surface area contributed by atoms with Crippen molar-refractivity contribution in [2.45, 2.75) is 12.1 Å². The second-order valence-corrected chi connectivity index (χ2v) is 15.2. The van der Waals surface area contributed by atoms with Gasteiger partial charge in [0.2, 0.25) is 10.9 Å². The van der Waals surface area contributed by atoms with Gasteiger partial charge in [-0.15, -0.1) is 0 Å². The molecule has 0 unspecified atom stereocenters. The van der Waals surface area contributed by atoms with Gasteiger partial charge >= 0.3 is 11.9 Å². The average Bonchev–Trinajstić information content (AvgIpc) is 3.74. The molecule has 6 N–H and O–H groups in total. The Kier molecular flexibility index (Phi) is 8.97. The largest absolute Gasteiger partial charge is 0.477 e. The van der Waals surface area contributed by atoms with Crippen LogP contribution in [0.15, 0.2) is 70.5 Å². The molecule has 6 heterocycles. The molecule has 6 aromatic rings. The summed E-state index contributed by atoms with van der Waals surface area (Å²) in [4.78, 5) is 60.1. The summed E-state index contributed by atoms with van der Waals surface area (Å²) in [7, 11) is 0. The molecule has 0 amide bonds. The number of carboxylic acids is 2. The van der Waals surface area contributed by atoms with Gasteiger partial charge in [0.05, 0.1) is 22.1 Å². The quantitative estimate of drug-likeness (QED) is 0.177. The van der Waals surface area contributed by atoms with Crippen LogP contribution in [-0.4, -0.2) is 79.5 Å². The third kappa shape index (κ3) is 6.29. The fourth-order valence-corrected chi connectivity index (χ4v) is 8.39. The number of aromatic carboxylic acids is 2. The van der Waals surface area contributed by atoms with E-state index in [0.717, 1.165) is 57.9 Å². The standard InChI is InChI=1S/2C20H15F3N4O3/c2*21-8-1-2-15(13(22)3-8)27-7-12(20(29)30)17(28)9-4-14(23)19(25-18(9)27)26-5-10-11(6-26)16(10)24/h2*1-4,7,10-11,16H,5-6,24H2,(H,29,30)/t2*10-,11+,16+. The lowest BCUT2D eigenvalue weighted by Crippen LogP contribution is -2.30. The number of hydrogen-bond donors (Lipinski definition) is 4. The lowest BCUT2D eigenvalue weighted by Gasteiger charge is -2.22. The Balaban J connectivity index is 0.000000154. The molecule has 2 saturated heterocycles. The predicted octanol–water partition coefficient (Wildman–Crippen LogP) is 3.79. The maximum absolute atomic E-state index is 14.8. The number of piperidine rings is 2. The number of hydrogen-bond acceptors (Lipinski definition) is 10. The first kappa shape index (κ1) is 38.7. The van der Waals surface area contributed by atoms with Crippen LogP contribution in [0.5, 0.6) is 0 Å². The first-order chi connectivity index (χ1) is 28.5. The van der Waals surface area contributed by atoms with E-state index in [1.54, 1.807) is 9.80 Å². The number of aromatic nitrogens is 4. The maximum atomic E-state index is 14.8. The lowest BCUT2D eigenvalue weighted by molar-refractivity contribution is 0.0684. The molecular formula is C40H30F6N8O6. The van der Waals surface area contributed by atoms with Crippen LogP contribution < -0.4 is 32.1 Å². The zero-order valence-electron chi connectivity index (χ0n) is 30.7. The number of nitrogens with zero attached hydrogens (tertiary/aromatic N) is 6. The average molecular weight is 833 g/mol. The van der Waals surface area contributed by atoms with E-state index in [1.807, 2.05) is 0 Å². The molecule has 308 valence electrons. The SMILES string of the molecule is N[C@@H]1[C@H]2CN(c3nc4c(cc3F)c(=O)c(C(=O)O)cn4-c3ccc(F)cc3F)C[C@@H]12.N[C@@H]1[C@H]2CN(c3nc4c(cc3F)c(=O)c(C(=O)O)cn4-c3ccc(F)cc3F)C[C@@H]12. The summed E-state index contributed by atoms with van der Waals surface area (Å²) < 4.78 is 87.4. The number of benzene rings is 2. The van der Waals surface area contributed by atoms with Gasteiger partial charge in [0.15, 0.2) is 34.6 Å². The van der Waals surface area contributed by atoms with E-state index in [1.165, 1.54) is 0 Å². The molecule has 10 rings (SSSR count). The molecule has 2 aromatic carbocycles. The van der Waals surface area contributed by atoms with Gasteiger partial charge in [-0.1, -0.05) is 0 Å². The van der Waals surface area contributed by atoms with E-state index in [4.69, 9.17) is 11.5 Å². The van der Waals surface area contributed by atoms with Gasteiger partial charge < -0.3 is 31.5 Å². The van der Waals surface area contributed by atoms with Crippen molar-refractivity contribution < 1.29 is 46.1 Å². The van der Waals surface area contributed by atoms with E-state index in [2.05, 4.69) is 9.97 Å². The van der Waals surface area contributed by atoms with Crippen LogP contribution in [0, 0.1) is 58.6 Å². The fraction of sp³-hybridized carbons (Fsp3) is 0.250. The molecule has 0 radical (unpaired) electrons. The summed E-state index contributed by atoms with van der Waals surface area (Å²) in [5, 5.41) is 18.1. The molecule has 0 spiro atoms. The number of fused-ring (bicyclic) bond motifs is 4. The predicted molar refractivity (Wildman–Crippen MR) is 203 cm³/mol. The van der Waals surface area contributed by atoms with Crippen molar-refractivity contribution in [3.8, 4) is 11.4 Å². The summed E-state index contributed by atoms with van der Waals surface area (Å²) in [5.41, 5.74) is 7.88. The summed E-state index contributed by atoms with van der Waals surface area (Å²) in [6.07, 6.45) is 1.82. The summed E-state index contributed by atoms with van der Waals surface area (Å²) >= 11 is 0. The van der Waals surface area contributed by atoms with Crippen molar-refractivity contribution in [2.24, 2.45) is 35.1 Å². The molecule has 0 bridgehead atoms. The van der Waals surface area contributed by atoms with E-state index in [-0.39, 0.29) is 80.8 Å². The molecular weight excluding hydrogens is 802 g/mol. The molecule has 20 heteroatoms. The topological polar surface area (TPSA) is 203 Å². The molecule has 4 fully saturated rings. The monoisotopic (exact) mass is 832 g/mol. The Morgan fingerprint density at radius 2 is 0.917 bits per heavy atom. The number of carbonyl (C=O) groups is 2. The van der Waals surface area contributed by atoms with Crippen molar-refractivity contribution in [1.82, 2.24) is 19.1 Å². The van der Waals surface area contributed by atoms with Gasteiger partial charge in [-0.05, 0) is 60.1 Å². The number of anilines is 2. The number of carboxylic acid groups (broad SMARTS) is 2. The van der Waals surface area contributed by atoms with Crippen LogP contribution in [0.3, 0.4) is 0 Å². The zero-order valence-corrected chi connectivity index (χ0v) is 30.7. The number of nitrogens with two attached hydrogens (primary N) is 2. The first-order valence-electron chi connectivity index (χ1n) is 18.4. The zero-order chi connectivity index (χ0) is 42.6. The molecule has 60 heavy (non-hydrogen) atoms. The second-order valence-electron chi connectivity index (χ2n) is 15.2. The van der Waals surface area contributed by atoms with Gasteiger partial charge in [-0.25, -0.2) is 45.9 Å². The third-order valence-electron chi connectivity index (χ3n) is 11.7. The van der Waals surface area contributed by atoms with Crippen molar-refractivity contribution in [3.05, 3.63) is 127 Å². The van der Waals surface area contributed by atoms with Crippen LogP contribution in [-0.2, 0) is 0 Å². The van der Waals surface area contributed by atoms with Gasteiger partial charge in [0, 0.05) is 62.8 Å². The van der Waals surface area contributed by atoms with E-state index in [0.29, 0.717) is 38.3 Å². The maximum Gasteiger partial charge on any atom is 0.341 e. The number of rotatable bonds is 6. The Morgan fingerprint density at radius 3 is 1.23 bits per heavy atom. The summed E-state index contributed by atoms with van der Waals surface area (Å²) in [6.45, 7) is 2.01. The van der Waals surface area contributed by atoms with E-state index < -0.39 is 68.8 Å². The highest BCUT2D eigenvalue weighted by Crippen LogP contribution is 2.46. The van der Waals surface area contributed by atoms with Crippen LogP contribution >= 0.6 is 0 Å². The first-order valence-corrected chi connectivity index (χ1v) is 18.4. The van der Waals surface area contributed by atoms with Crippen LogP contribution in [0.2, 0.25) is 0 Å². The Hall–Kier alpha value is -6.80. The van der Waals surface area contributed by atoms with Crippen molar-refractivity contribution in [1.29, 1.82) is 0 Å². The van der Waals surface area contributed by atoms with Crippen LogP contribution in [0.25, 0.3) is 33.4 Å². The van der Waals surface area contributed by atoms with Gasteiger partial charge in [-0.3, -0.25) is 18.7 Å². The Morgan fingerprint density at radius 1 is 0.567 bits per heavy atom. The number of halogens is 6. The van der Waals surface area contributed by atoms with Crippen LogP contribution in [0.4, 0.5) is 38.0 Å². The Labute approximate surface area is 332 Å². The summed E-state index contributed by atoms with van der Waals surface area (Å²) in [6, 6.07) is 7.39. The van der Waals surface area contributed by atoms with Gasteiger partial charge in [-0.2, -0.15) is 0 Å². The molecule has 2 saturated carbocycles. The smallest absolute Gasteiger partial charge is 0.341 e. The minimum absolute atomic E-state index is 0.0272. The highest BCUT2D eigenvalue weighted by atomic mass is 19.2. The van der Waals surface area contributed by atoms with Gasteiger partial charge in [0.1, 0.15) is 34.4 Å². The molecule has 4 aromatic heterocycles. The molecule has 4 aliphatic rings. The lowest BCUT2D eigenvalue weighted by atomic mass is 10.1. The van der Waals surface area contributed by atoms with Crippen molar-refractivity contribution >= 4 is 45.6 Å². The molecule has 2 aliphatic carbocycles. The molecule has 6 atom stereocenters. The van der Waals surface area contributed by atoms with Crippen molar-refractivity contribution in [2.75, 3.05) is 36.0 Å². The molecule has 2 aliphatic heterocycles. The normalized spacial score (nSPS) is 22.4. The van der Waals surface area contributed by atoms with Crippen molar-refractivity contribution in [3.63, 3.8) is 0 Å². The minimum atomic E-state index is -1.56. The Bertz CT molecular complexity index is 2760. The third-order valence-corrected chi connectivity index (χ3v) is 11.7. The summed E-state index contributed by atoms with van der Waals surface area (Å²) in [5.74, 6) is -7.41. The fourth-order valence-electron chi connectivity index (χ4n) is 8.39. The van der Waals surface area contributed by atoms with Gasteiger partial charge in [0.25, 0.3) is 0 Å².